The summed E-state index contributed by atoms with van der Waals surface area (Å²) in [6.07, 6.45) is 13.4. The van der Waals surface area contributed by atoms with Crippen molar-refractivity contribution in [2.75, 3.05) is 39.2 Å². The summed E-state index contributed by atoms with van der Waals surface area (Å²) in [5, 5.41) is 18.9. The fourth-order valence-electron chi connectivity index (χ4n) is 6.81. The van der Waals surface area contributed by atoms with Crippen LogP contribution in [-0.2, 0) is 31.9 Å². The van der Waals surface area contributed by atoms with Crippen molar-refractivity contribution < 1.29 is 19.1 Å². The molecule has 0 aliphatic carbocycles. The molecule has 2 aliphatic heterocycles. The van der Waals surface area contributed by atoms with Crippen molar-refractivity contribution in [3.8, 4) is 0 Å². The minimum atomic E-state index is -0.333. The minimum Gasteiger partial charge on any atom is -0.466 e. The van der Waals surface area contributed by atoms with E-state index in [2.05, 4.69) is 113 Å². The number of ether oxygens (including phenoxy) is 2. The van der Waals surface area contributed by atoms with Crippen LogP contribution < -0.4 is 5.32 Å². The topological polar surface area (TPSA) is 125 Å². The van der Waals surface area contributed by atoms with Gasteiger partial charge in [0.2, 0.25) is 0 Å². The number of rotatable bonds is 11. The Morgan fingerprint density at radius 1 is 0.778 bits per heavy atom. The molecule has 0 bridgehead atoms. The van der Waals surface area contributed by atoms with Crippen LogP contribution in [0.3, 0.4) is 0 Å². The fourth-order valence-corrected chi connectivity index (χ4v) is 7.20. The van der Waals surface area contributed by atoms with E-state index in [4.69, 9.17) is 0 Å². The van der Waals surface area contributed by atoms with Gasteiger partial charge in [0, 0.05) is 47.5 Å². The highest BCUT2D eigenvalue weighted by Crippen LogP contribution is 2.32. The number of halogens is 1. The molecule has 0 unspecified atom stereocenters. The molecule has 3 N–H and O–H groups in total. The Morgan fingerprint density at radius 3 is 1.74 bits per heavy atom. The van der Waals surface area contributed by atoms with E-state index in [0.29, 0.717) is 12.1 Å². The Morgan fingerprint density at radius 2 is 1.30 bits per heavy atom. The van der Waals surface area contributed by atoms with Crippen LogP contribution in [0.4, 0.5) is 0 Å². The number of nitrogens with one attached hydrogen (secondary N) is 3. The third-order valence-corrected chi connectivity index (χ3v) is 10.3. The molecule has 0 amide bonds. The first-order valence-electron chi connectivity index (χ1n) is 18.4. The zero-order chi connectivity index (χ0) is 38.2. The number of likely N-dealkylation sites (tertiary alicyclic amines) is 1. The molecule has 0 saturated carbocycles. The Labute approximate surface area is 330 Å². The molecular formula is C43H59BrN6O4. The molecule has 10 nitrogen and oxygen atoms in total. The van der Waals surface area contributed by atoms with Gasteiger partial charge in [-0.1, -0.05) is 71.9 Å². The summed E-state index contributed by atoms with van der Waals surface area (Å²) >= 11 is 3.40. The van der Waals surface area contributed by atoms with Gasteiger partial charge in [0.25, 0.3) is 0 Å². The van der Waals surface area contributed by atoms with Crippen molar-refractivity contribution in [3.63, 3.8) is 0 Å². The molecule has 2 fully saturated rings. The average molecular weight is 804 g/mol. The van der Waals surface area contributed by atoms with Crippen molar-refractivity contribution in [1.29, 1.82) is 0 Å². The molecule has 2 aromatic heterocycles. The molecule has 2 saturated heterocycles. The number of carbonyl (C=O) groups is 2. The first kappa shape index (κ1) is 44.1. The van der Waals surface area contributed by atoms with Crippen LogP contribution in [0.25, 0.3) is 12.2 Å². The number of hydrogen-bond donors (Lipinski definition) is 3. The van der Waals surface area contributed by atoms with E-state index < -0.39 is 0 Å². The number of esters is 2. The van der Waals surface area contributed by atoms with E-state index in [0.717, 1.165) is 60.3 Å². The molecule has 4 heterocycles. The summed E-state index contributed by atoms with van der Waals surface area (Å²) in [6.45, 7) is 11.5. The van der Waals surface area contributed by atoms with Gasteiger partial charge in [-0.05, 0) is 125 Å². The van der Waals surface area contributed by atoms with Crippen LogP contribution in [0.1, 0.15) is 101 Å². The summed E-state index contributed by atoms with van der Waals surface area (Å²) in [5.74, 6) is -0.660. The number of nitrogens with zero attached hydrogens (tertiary/aromatic N) is 3. The predicted molar refractivity (Wildman–Crippen MR) is 223 cm³/mol. The molecular weight excluding hydrogens is 744 g/mol. The van der Waals surface area contributed by atoms with Gasteiger partial charge in [-0.3, -0.25) is 15.1 Å². The molecule has 54 heavy (non-hydrogen) atoms. The monoisotopic (exact) mass is 802 g/mol. The summed E-state index contributed by atoms with van der Waals surface area (Å²) in [5.41, 5.74) is 12.0. The average Bonchev–Trinajstić information content (AvgIpc) is 4.01. The Hall–Kier alpha value is -4.32. The van der Waals surface area contributed by atoms with Gasteiger partial charge in [0.05, 0.1) is 25.6 Å². The molecule has 6 rings (SSSR count). The number of aromatic amines is 2. The van der Waals surface area contributed by atoms with Crippen molar-refractivity contribution in [3.05, 3.63) is 117 Å². The van der Waals surface area contributed by atoms with Crippen molar-refractivity contribution >= 4 is 40.0 Å². The smallest absolute Gasteiger partial charge is 0.330 e. The van der Waals surface area contributed by atoms with E-state index in [-0.39, 0.29) is 19.4 Å². The second-order valence-corrected chi connectivity index (χ2v) is 14.2. The molecule has 2 aromatic carbocycles. The van der Waals surface area contributed by atoms with Crippen LogP contribution >= 0.6 is 15.9 Å². The first-order chi connectivity index (χ1) is 25.6. The molecule has 11 heteroatoms. The number of alkyl halides is 1. The Bertz CT molecular complexity index is 1750. The zero-order valence-electron chi connectivity index (χ0n) is 32.0. The number of carbonyl (C=O) groups excluding carboxylic acids is 2. The van der Waals surface area contributed by atoms with Gasteiger partial charge in [0.15, 0.2) is 0 Å². The Balaban J connectivity index is 0.000000240. The quantitative estimate of drug-likeness (QED) is 0.0784. The second-order valence-electron chi connectivity index (χ2n) is 13.4. The number of methoxy groups -OCH3 is 2. The van der Waals surface area contributed by atoms with Gasteiger partial charge in [-0.25, -0.2) is 9.59 Å². The van der Waals surface area contributed by atoms with E-state index in [1.54, 1.807) is 12.2 Å². The number of H-pyrrole nitrogens is 2. The minimum absolute atomic E-state index is 0. The standard InChI is InChI=1S/C21H27N3O2.C14H17NO2.C7H11BrN2.CH4/c1-15-19(16(2)23-22-15)12-14-24-13-4-5-20(24)18-9-6-17(7-10-18)8-11-21(25)26-3;1-17-14(16)9-6-11-4-7-12(8-5-11)13-3-2-10-15-13;1-5-7(3-4-8)6(2)10-9-5;/h6-11,20H,4-5,12-14H2,1-3H3,(H,22,23);4-9,13,15H,2-3,10H2,1H3;3-4H2,1-2H3,(H,9,10);1H4/b11-8+;9-6+;;/t20-;13-;;/m11../s1. The number of benzene rings is 2. The summed E-state index contributed by atoms with van der Waals surface area (Å²) in [6, 6.07) is 17.7. The highest BCUT2D eigenvalue weighted by atomic mass is 79.9. The van der Waals surface area contributed by atoms with E-state index in [1.807, 2.05) is 19.1 Å². The maximum Gasteiger partial charge on any atom is 0.330 e. The fraction of sp³-hybridized carbons (Fsp3) is 0.442. The molecule has 0 spiro atoms. The summed E-state index contributed by atoms with van der Waals surface area (Å²) in [7, 11) is 2.76. The predicted octanol–water partition coefficient (Wildman–Crippen LogP) is 8.49. The third-order valence-electron chi connectivity index (χ3n) is 9.87. The van der Waals surface area contributed by atoms with Gasteiger partial charge in [-0.2, -0.15) is 10.2 Å². The SMILES string of the molecule is C.COC(=O)/C=C/c1ccc([C@H]2CCCN2)cc1.COC(=O)/C=C/c1ccc([C@H]2CCCN2CCc2c(C)n[nH]c2C)cc1.Cc1n[nH]c(C)c1CCBr. The lowest BCUT2D eigenvalue weighted by molar-refractivity contribution is -0.135. The van der Waals surface area contributed by atoms with E-state index in [9.17, 15) is 9.59 Å². The second kappa shape index (κ2) is 22.8. The normalized spacial score (nSPS) is 16.7. The number of aryl methyl sites for hydroxylation is 4. The van der Waals surface area contributed by atoms with Gasteiger partial charge in [0.1, 0.15) is 0 Å². The van der Waals surface area contributed by atoms with Crippen LogP contribution in [-0.4, -0.2) is 76.4 Å². The lowest BCUT2D eigenvalue weighted by Crippen LogP contribution is -2.26. The highest BCUT2D eigenvalue weighted by molar-refractivity contribution is 9.09. The molecule has 2 aliphatic rings. The van der Waals surface area contributed by atoms with Crippen LogP contribution in [0.15, 0.2) is 60.7 Å². The maximum atomic E-state index is 11.2. The van der Waals surface area contributed by atoms with Crippen LogP contribution in [0.5, 0.6) is 0 Å². The number of hydrogen-bond acceptors (Lipinski definition) is 8. The highest BCUT2D eigenvalue weighted by Gasteiger charge is 2.26. The molecule has 4 aromatic rings. The lowest BCUT2D eigenvalue weighted by atomic mass is 10.0. The molecule has 2 atom stereocenters. The van der Waals surface area contributed by atoms with Crippen LogP contribution in [0, 0.1) is 27.7 Å². The molecule has 0 radical (unpaired) electrons. The van der Waals surface area contributed by atoms with Crippen molar-refractivity contribution in [2.45, 2.75) is 85.7 Å². The van der Waals surface area contributed by atoms with Crippen molar-refractivity contribution in [1.82, 2.24) is 30.6 Å². The van der Waals surface area contributed by atoms with Crippen molar-refractivity contribution in [2.24, 2.45) is 0 Å². The largest absolute Gasteiger partial charge is 0.466 e. The summed E-state index contributed by atoms with van der Waals surface area (Å²) in [4.78, 5) is 24.7. The van der Waals surface area contributed by atoms with E-state index >= 15 is 0 Å². The van der Waals surface area contributed by atoms with E-state index in [1.165, 1.54) is 85.7 Å². The first-order valence-corrected chi connectivity index (χ1v) is 19.5. The summed E-state index contributed by atoms with van der Waals surface area (Å²) < 4.78 is 9.17. The Kier molecular flexibility index (Phi) is 18.6. The van der Waals surface area contributed by atoms with Gasteiger partial charge >= 0.3 is 11.9 Å². The lowest BCUT2D eigenvalue weighted by Gasteiger charge is -2.25. The van der Waals surface area contributed by atoms with Gasteiger partial charge in [-0.15, -0.1) is 0 Å². The molecule has 292 valence electrons. The zero-order valence-corrected chi connectivity index (χ0v) is 33.6. The van der Waals surface area contributed by atoms with Gasteiger partial charge < -0.3 is 14.8 Å². The number of aromatic nitrogens is 4. The van der Waals surface area contributed by atoms with Crippen LogP contribution in [0.2, 0.25) is 0 Å². The maximum absolute atomic E-state index is 11.2. The third kappa shape index (κ3) is 13.2.